The Morgan fingerprint density at radius 2 is 1.42 bits per heavy atom. The molecule has 3 rings (SSSR count). The molecule has 0 spiro atoms. The van der Waals surface area contributed by atoms with Crippen LogP contribution in [0.3, 0.4) is 0 Å². The van der Waals surface area contributed by atoms with Crippen molar-refractivity contribution in [2.24, 2.45) is 5.92 Å². The van der Waals surface area contributed by atoms with E-state index in [2.05, 4.69) is 0 Å². The zero-order valence-electron chi connectivity index (χ0n) is 14.8. The molecule has 1 N–H and O–H groups in total. The van der Waals surface area contributed by atoms with Crippen molar-refractivity contribution in [3.63, 3.8) is 0 Å². The molecule has 0 atom stereocenters. The van der Waals surface area contributed by atoms with E-state index in [9.17, 15) is 14.7 Å². The van der Waals surface area contributed by atoms with Crippen LogP contribution in [0.25, 0.3) is 0 Å². The van der Waals surface area contributed by atoms with E-state index in [-0.39, 0.29) is 18.2 Å². The van der Waals surface area contributed by atoms with Gasteiger partial charge in [0.2, 0.25) is 11.8 Å². The zero-order chi connectivity index (χ0) is 17.0. The number of hydrogen-bond donors (Lipinski definition) is 1. The first-order chi connectivity index (χ1) is 11.6. The molecule has 3 aliphatic rings. The first-order valence-corrected chi connectivity index (χ1v) is 9.84. The van der Waals surface area contributed by atoms with Crippen LogP contribution in [0.15, 0.2) is 0 Å². The van der Waals surface area contributed by atoms with Crippen molar-refractivity contribution in [2.75, 3.05) is 26.2 Å². The number of carbonyl (C=O) groups is 2. The SMILES string of the molecule is O=C(CCC1CCCC1)N1CCN(C(=O)CC2(O)CCCC2)CC1. The summed E-state index contributed by atoms with van der Waals surface area (Å²) in [6.07, 6.45) is 10.7. The van der Waals surface area contributed by atoms with Gasteiger partial charge in [0.15, 0.2) is 0 Å². The van der Waals surface area contributed by atoms with Crippen LogP contribution in [0, 0.1) is 5.92 Å². The van der Waals surface area contributed by atoms with E-state index in [0.29, 0.717) is 32.6 Å². The van der Waals surface area contributed by atoms with Crippen LogP contribution in [0.2, 0.25) is 0 Å². The summed E-state index contributed by atoms with van der Waals surface area (Å²) < 4.78 is 0. The third-order valence-corrected chi connectivity index (χ3v) is 6.24. The highest BCUT2D eigenvalue weighted by Gasteiger charge is 2.35. The number of aliphatic hydroxyl groups is 1. The molecule has 2 saturated carbocycles. The summed E-state index contributed by atoms with van der Waals surface area (Å²) in [5.74, 6) is 1.06. The topological polar surface area (TPSA) is 60.9 Å². The summed E-state index contributed by atoms with van der Waals surface area (Å²) in [4.78, 5) is 28.5. The van der Waals surface area contributed by atoms with Crippen LogP contribution in [-0.4, -0.2) is 58.5 Å². The fourth-order valence-corrected chi connectivity index (χ4v) is 4.59. The third kappa shape index (κ3) is 4.50. The minimum atomic E-state index is -0.773. The fraction of sp³-hybridized carbons (Fsp3) is 0.895. The Hall–Kier alpha value is -1.10. The molecular formula is C19H32N2O3. The highest BCUT2D eigenvalue weighted by atomic mass is 16.3. The smallest absolute Gasteiger partial charge is 0.225 e. The largest absolute Gasteiger partial charge is 0.389 e. The minimum absolute atomic E-state index is 0.0532. The van der Waals surface area contributed by atoms with E-state index in [0.717, 1.165) is 38.0 Å². The highest BCUT2D eigenvalue weighted by Crippen LogP contribution is 2.33. The van der Waals surface area contributed by atoms with E-state index in [1.54, 1.807) is 0 Å². The molecule has 0 aromatic heterocycles. The number of carbonyl (C=O) groups excluding carboxylic acids is 2. The molecule has 2 amide bonds. The number of amides is 2. The van der Waals surface area contributed by atoms with Crippen LogP contribution < -0.4 is 0 Å². The maximum Gasteiger partial charge on any atom is 0.225 e. The van der Waals surface area contributed by atoms with Crippen LogP contribution >= 0.6 is 0 Å². The summed E-state index contributed by atoms with van der Waals surface area (Å²) in [7, 11) is 0. The molecule has 0 radical (unpaired) electrons. The minimum Gasteiger partial charge on any atom is -0.389 e. The van der Waals surface area contributed by atoms with E-state index in [4.69, 9.17) is 0 Å². The van der Waals surface area contributed by atoms with Gasteiger partial charge in [-0.3, -0.25) is 9.59 Å². The summed E-state index contributed by atoms with van der Waals surface area (Å²) in [5, 5.41) is 10.4. The Kier molecular flexibility index (Phi) is 5.80. The Morgan fingerprint density at radius 1 is 0.875 bits per heavy atom. The van der Waals surface area contributed by atoms with Gasteiger partial charge in [-0.25, -0.2) is 0 Å². The molecule has 1 heterocycles. The van der Waals surface area contributed by atoms with E-state index < -0.39 is 5.60 Å². The lowest BCUT2D eigenvalue weighted by atomic mass is 9.97. The summed E-state index contributed by atoms with van der Waals surface area (Å²) >= 11 is 0. The lowest BCUT2D eigenvalue weighted by molar-refractivity contribution is -0.142. The second kappa shape index (κ2) is 7.85. The van der Waals surface area contributed by atoms with E-state index in [1.165, 1.54) is 25.7 Å². The van der Waals surface area contributed by atoms with Gasteiger partial charge in [0, 0.05) is 32.6 Å². The Bertz CT molecular complexity index is 446. The quantitative estimate of drug-likeness (QED) is 0.838. The molecule has 5 heteroatoms. The van der Waals surface area contributed by atoms with Gasteiger partial charge in [0.1, 0.15) is 0 Å². The van der Waals surface area contributed by atoms with Gasteiger partial charge in [0.05, 0.1) is 12.0 Å². The molecule has 3 fully saturated rings. The van der Waals surface area contributed by atoms with Crippen molar-refractivity contribution in [3.05, 3.63) is 0 Å². The Morgan fingerprint density at radius 3 is 2.00 bits per heavy atom. The average Bonchev–Trinajstić information content (AvgIpc) is 3.24. The number of nitrogens with zero attached hydrogens (tertiary/aromatic N) is 2. The molecule has 0 aromatic rings. The molecular weight excluding hydrogens is 304 g/mol. The van der Waals surface area contributed by atoms with Crippen molar-refractivity contribution in [1.29, 1.82) is 0 Å². The maximum absolute atomic E-state index is 12.4. The van der Waals surface area contributed by atoms with Crippen LogP contribution in [-0.2, 0) is 9.59 Å². The van der Waals surface area contributed by atoms with Gasteiger partial charge >= 0.3 is 0 Å². The Balaban J connectivity index is 1.38. The average molecular weight is 336 g/mol. The van der Waals surface area contributed by atoms with Crippen molar-refractivity contribution in [2.45, 2.75) is 76.2 Å². The zero-order valence-corrected chi connectivity index (χ0v) is 14.8. The normalized spacial score (nSPS) is 24.5. The van der Waals surface area contributed by atoms with Gasteiger partial charge in [-0.15, -0.1) is 0 Å². The predicted octanol–water partition coefficient (Wildman–Crippen LogP) is 2.32. The monoisotopic (exact) mass is 336 g/mol. The second-order valence-corrected chi connectivity index (χ2v) is 8.06. The van der Waals surface area contributed by atoms with Gasteiger partial charge < -0.3 is 14.9 Å². The van der Waals surface area contributed by atoms with Gasteiger partial charge in [0.25, 0.3) is 0 Å². The highest BCUT2D eigenvalue weighted by molar-refractivity contribution is 5.79. The molecule has 1 saturated heterocycles. The maximum atomic E-state index is 12.4. The lowest BCUT2D eigenvalue weighted by Crippen LogP contribution is -2.51. The second-order valence-electron chi connectivity index (χ2n) is 8.06. The van der Waals surface area contributed by atoms with Gasteiger partial charge in [-0.05, 0) is 25.2 Å². The third-order valence-electron chi connectivity index (χ3n) is 6.24. The van der Waals surface area contributed by atoms with Gasteiger partial charge in [-0.1, -0.05) is 38.5 Å². The van der Waals surface area contributed by atoms with Crippen molar-refractivity contribution in [1.82, 2.24) is 9.80 Å². The molecule has 0 aromatic carbocycles. The molecule has 24 heavy (non-hydrogen) atoms. The van der Waals surface area contributed by atoms with Crippen LogP contribution in [0.1, 0.15) is 70.6 Å². The number of piperazine rings is 1. The number of hydrogen-bond acceptors (Lipinski definition) is 3. The standard InChI is InChI=1S/C19H32N2O3/c22-17(8-7-16-5-1-2-6-16)20-11-13-21(14-12-20)18(23)15-19(24)9-3-4-10-19/h16,24H,1-15H2. The summed E-state index contributed by atoms with van der Waals surface area (Å²) in [6, 6.07) is 0. The molecule has 5 nitrogen and oxygen atoms in total. The number of rotatable bonds is 5. The first-order valence-electron chi connectivity index (χ1n) is 9.84. The van der Waals surface area contributed by atoms with E-state index >= 15 is 0 Å². The van der Waals surface area contributed by atoms with E-state index in [1.807, 2.05) is 9.80 Å². The van der Waals surface area contributed by atoms with Crippen molar-refractivity contribution < 1.29 is 14.7 Å². The molecule has 2 aliphatic carbocycles. The molecule has 0 unspecified atom stereocenters. The fourth-order valence-electron chi connectivity index (χ4n) is 4.59. The van der Waals surface area contributed by atoms with Crippen LogP contribution in [0.4, 0.5) is 0 Å². The molecule has 0 bridgehead atoms. The molecule has 1 aliphatic heterocycles. The lowest BCUT2D eigenvalue weighted by Gasteiger charge is -2.36. The Labute approximate surface area is 145 Å². The summed E-state index contributed by atoms with van der Waals surface area (Å²) in [5.41, 5.74) is -0.773. The van der Waals surface area contributed by atoms with Crippen LogP contribution in [0.5, 0.6) is 0 Å². The van der Waals surface area contributed by atoms with Crippen molar-refractivity contribution >= 4 is 11.8 Å². The van der Waals surface area contributed by atoms with Crippen molar-refractivity contribution in [3.8, 4) is 0 Å². The molecule has 136 valence electrons. The van der Waals surface area contributed by atoms with Gasteiger partial charge in [-0.2, -0.15) is 0 Å². The first kappa shape index (κ1) is 17.7. The summed E-state index contributed by atoms with van der Waals surface area (Å²) in [6.45, 7) is 2.52. The predicted molar refractivity (Wildman–Crippen MR) is 92.4 cm³/mol.